The van der Waals surface area contributed by atoms with E-state index in [-0.39, 0.29) is 5.56 Å². The van der Waals surface area contributed by atoms with Gasteiger partial charge in [-0.05, 0) is 26.0 Å². The van der Waals surface area contributed by atoms with Gasteiger partial charge in [0.25, 0.3) is 0 Å². The summed E-state index contributed by atoms with van der Waals surface area (Å²) >= 11 is 1.56. The number of carboxylic acids is 1. The normalized spacial score (nSPS) is 10.7. The molecule has 0 saturated carbocycles. The van der Waals surface area contributed by atoms with E-state index in [0.717, 1.165) is 10.7 Å². The standard InChI is InChI=1S/C12H12O4S/c1-7-10(12(13)14)5-9(16-7)6-17-11-3-4-15-8(11)2/h3-5H,6H2,1-2H3,(H,13,14). The van der Waals surface area contributed by atoms with Crippen LogP contribution in [0.15, 0.2) is 32.1 Å². The Morgan fingerprint density at radius 1 is 1.41 bits per heavy atom. The van der Waals surface area contributed by atoms with Crippen molar-refractivity contribution in [1.82, 2.24) is 0 Å². The van der Waals surface area contributed by atoms with Crippen LogP contribution in [0, 0.1) is 13.8 Å². The second-order valence-corrected chi connectivity index (χ2v) is 4.63. The molecule has 0 aliphatic heterocycles. The van der Waals surface area contributed by atoms with E-state index in [0.29, 0.717) is 17.3 Å². The Morgan fingerprint density at radius 2 is 2.18 bits per heavy atom. The van der Waals surface area contributed by atoms with Crippen LogP contribution in [0.4, 0.5) is 0 Å². The molecule has 5 heteroatoms. The lowest BCUT2D eigenvalue weighted by Crippen LogP contribution is -1.94. The lowest BCUT2D eigenvalue weighted by atomic mass is 10.2. The van der Waals surface area contributed by atoms with E-state index in [1.54, 1.807) is 31.0 Å². The van der Waals surface area contributed by atoms with E-state index in [9.17, 15) is 4.79 Å². The highest BCUT2D eigenvalue weighted by molar-refractivity contribution is 7.98. The van der Waals surface area contributed by atoms with Crippen LogP contribution in [0.25, 0.3) is 0 Å². The topological polar surface area (TPSA) is 63.6 Å². The summed E-state index contributed by atoms with van der Waals surface area (Å²) in [4.78, 5) is 11.9. The summed E-state index contributed by atoms with van der Waals surface area (Å²) < 4.78 is 10.6. The van der Waals surface area contributed by atoms with Crippen molar-refractivity contribution < 1.29 is 18.7 Å². The van der Waals surface area contributed by atoms with Gasteiger partial charge in [0.15, 0.2) is 0 Å². The molecule has 1 N–H and O–H groups in total. The minimum absolute atomic E-state index is 0.226. The third-order valence-electron chi connectivity index (χ3n) is 2.38. The molecule has 2 aromatic heterocycles. The van der Waals surface area contributed by atoms with Gasteiger partial charge in [-0.3, -0.25) is 0 Å². The molecule has 0 radical (unpaired) electrons. The summed E-state index contributed by atoms with van der Waals surface area (Å²) in [5.41, 5.74) is 0.226. The minimum Gasteiger partial charge on any atom is -0.478 e. The first-order valence-corrected chi connectivity index (χ1v) is 6.06. The average molecular weight is 252 g/mol. The molecular formula is C12H12O4S. The predicted molar refractivity (Wildman–Crippen MR) is 63.4 cm³/mol. The van der Waals surface area contributed by atoms with Gasteiger partial charge in [0.05, 0.1) is 12.0 Å². The van der Waals surface area contributed by atoms with Crippen molar-refractivity contribution in [2.45, 2.75) is 24.5 Å². The van der Waals surface area contributed by atoms with Gasteiger partial charge >= 0.3 is 5.97 Å². The maximum atomic E-state index is 10.8. The summed E-state index contributed by atoms with van der Waals surface area (Å²) in [5.74, 6) is 1.59. The Morgan fingerprint density at radius 3 is 2.71 bits per heavy atom. The fraction of sp³-hybridized carbons (Fsp3) is 0.250. The first kappa shape index (κ1) is 11.9. The molecule has 17 heavy (non-hydrogen) atoms. The Bertz CT molecular complexity index is 538. The van der Waals surface area contributed by atoms with Gasteiger partial charge in [-0.25, -0.2) is 4.79 Å². The first-order valence-electron chi connectivity index (χ1n) is 5.07. The van der Waals surface area contributed by atoms with Gasteiger partial charge in [-0.2, -0.15) is 0 Å². The monoisotopic (exact) mass is 252 g/mol. The van der Waals surface area contributed by atoms with Crippen molar-refractivity contribution in [1.29, 1.82) is 0 Å². The average Bonchev–Trinajstić information content (AvgIpc) is 2.82. The molecule has 0 atom stereocenters. The Labute approximate surface area is 103 Å². The van der Waals surface area contributed by atoms with Gasteiger partial charge in [-0.15, -0.1) is 11.8 Å². The van der Waals surface area contributed by atoms with E-state index in [4.69, 9.17) is 13.9 Å². The zero-order valence-corrected chi connectivity index (χ0v) is 10.3. The Kier molecular flexibility index (Phi) is 3.28. The molecular weight excluding hydrogens is 240 g/mol. The maximum Gasteiger partial charge on any atom is 0.339 e. The number of rotatable bonds is 4. The molecule has 2 heterocycles. The van der Waals surface area contributed by atoms with Crippen molar-refractivity contribution in [3.63, 3.8) is 0 Å². The van der Waals surface area contributed by atoms with Crippen molar-refractivity contribution in [2.24, 2.45) is 0 Å². The third kappa shape index (κ3) is 2.55. The van der Waals surface area contributed by atoms with Crippen LogP contribution in [-0.2, 0) is 5.75 Å². The van der Waals surface area contributed by atoms with Gasteiger partial charge < -0.3 is 13.9 Å². The lowest BCUT2D eigenvalue weighted by Gasteiger charge is -1.96. The predicted octanol–water partition coefficient (Wildman–Crippen LogP) is 3.48. The zero-order valence-electron chi connectivity index (χ0n) is 9.52. The number of carboxylic acid groups (broad SMARTS) is 1. The van der Waals surface area contributed by atoms with Crippen LogP contribution in [0.2, 0.25) is 0 Å². The van der Waals surface area contributed by atoms with Crippen LogP contribution in [0.3, 0.4) is 0 Å². The summed E-state index contributed by atoms with van der Waals surface area (Å²) in [7, 11) is 0. The molecule has 2 rings (SSSR count). The lowest BCUT2D eigenvalue weighted by molar-refractivity contribution is 0.0695. The minimum atomic E-state index is -0.956. The third-order valence-corrected chi connectivity index (χ3v) is 3.54. The molecule has 0 aromatic carbocycles. The van der Waals surface area contributed by atoms with Crippen molar-refractivity contribution in [2.75, 3.05) is 0 Å². The number of thioether (sulfide) groups is 1. The first-order chi connectivity index (χ1) is 8.08. The summed E-state index contributed by atoms with van der Waals surface area (Å²) in [6, 6.07) is 3.45. The molecule has 90 valence electrons. The van der Waals surface area contributed by atoms with Gasteiger partial charge in [0.2, 0.25) is 0 Å². The number of aromatic carboxylic acids is 1. The highest BCUT2D eigenvalue weighted by Crippen LogP contribution is 2.28. The molecule has 0 unspecified atom stereocenters. The van der Waals surface area contributed by atoms with E-state index in [2.05, 4.69) is 0 Å². The van der Waals surface area contributed by atoms with Crippen molar-refractivity contribution in [3.05, 3.63) is 41.2 Å². The molecule has 0 spiro atoms. The largest absolute Gasteiger partial charge is 0.478 e. The van der Waals surface area contributed by atoms with Crippen LogP contribution in [0.5, 0.6) is 0 Å². The molecule has 0 aliphatic rings. The number of carbonyl (C=O) groups is 1. The van der Waals surface area contributed by atoms with Crippen molar-refractivity contribution in [3.8, 4) is 0 Å². The van der Waals surface area contributed by atoms with E-state index < -0.39 is 5.97 Å². The van der Waals surface area contributed by atoms with E-state index >= 15 is 0 Å². The molecule has 0 aliphatic carbocycles. The fourth-order valence-electron chi connectivity index (χ4n) is 1.50. The number of furan rings is 2. The van der Waals surface area contributed by atoms with Crippen LogP contribution in [0.1, 0.15) is 27.6 Å². The number of hydrogen-bond acceptors (Lipinski definition) is 4. The van der Waals surface area contributed by atoms with Crippen LogP contribution >= 0.6 is 11.8 Å². The summed E-state index contributed by atoms with van der Waals surface area (Å²) in [6.07, 6.45) is 1.63. The van der Waals surface area contributed by atoms with E-state index in [1.807, 2.05) is 13.0 Å². The number of hydrogen-bond donors (Lipinski definition) is 1. The highest BCUT2D eigenvalue weighted by atomic mass is 32.2. The summed E-state index contributed by atoms with van der Waals surface area (Å²) in [6.45, 7) is 3.54. The second-order valence-electron chi connectivity index (χ2n) is 3.62. The van der Waals surface area contributed by atoms with Gasteiger partial charge in [0.1, 0.15) is 22.8 Å². The maximum absolute atomic E-state index is 10.8. The Balaban J connectivity index is 2.07. The SMILES string of the molecule is Cc1occc1SCc1cc(C(=O)O)c(C)o1. The van der Waals surface area contributed by atoms with Gasteiger partial charge in [0, 0.05) is 4.90 Å². The molecule has 4 nitrogen and oxygen atoms in total. The smallest absolute Gasteiger partial charge is 0.339 e. The quantitative estimate of drug-likeness (QED) is 0.844. The number of aryl methyl sites for hydroxylation is 2. The second kappa shape index (κ2) is 4.71. The molecule has 0 saturated heterocycles. The van der Waals surface area contributed by atoms with Gasteiger partial charge in [-0.1, -0.05) is 0 Å². The Hall–Kier alpha value is -1.62. The van der Waals surface area contributed by atoms with Crippen LogP contribution in [-0.4, -0.2) is 11.1 Å². The van der Waals surface area contributed by atoms with Crippen LogP contribution < -0.4 is 0 Å². The van der Waals surface area contributed by atoms with E-state index in [1.165, 1.54) is 0 Å². The molecule has 0 bridgehead atoms. The molecule has 2 aromatic rings. The fourth-order valence-corrected chi connectivity index (χ4v) is 2.34. The highest BCUT2D eigenvalue weighted by Gasteiger charge is 2.14. The summed E-state index contributed by atoms with van der Waals surface area (Å²) in [5, 5.41) is 8.89. The molecule has 0 fully saturated rings. The van der Waals surface area contributed by atoms with Crippen molar-refractivity contribution >= 4 is 17.7 Å². The zero-order chi connectivity index (χ0) is 12.4. The molecule has 0 amide bonds.